The lowest BCUT2D eigenvalue weighted by Gasteiger charge is -2.36. The predicted molar refractivity (Wildman–Crippen MR) is 126 cm³/mol. The average molecular weight is 423 g/mol. The largest absolute Gasteiger partial charge is 0.494 e. The molecule has 0 radical (unpaired) electrons. The zero-order chi connectivity index (χ0) is 21.5. The van der Waals surface area contributed by atoms with E-state index < -0.39 is 0 Å². The summed E-state index contributed by atoms with van der Waals surface area (Å²) in [7, 11) is 0. The zero-order valence-electron chi connectivity index (χ0n) is 18.6. The third-order valence-corrected chi connectivity index (χ3v) is 6.18. The molecule has 2 fully saturated rings. The molecule has 0 spiro atoms. The molecule has 2 aliphatic rings. The fourth-order valence-electron chi connectivity index (χ4n) is 4.44. The second-order valence-electron chi connectivity index (χ2n) is 8.22. The van der Waals surface area contributed by atoms with Crippen LogP contribution in [-0.4, -0.2) is 74.8 Å². The predicted octanol–water partition coefficient (Wildman–Crippen LogP) is 3.93. The van der Waals surface area contributed by atoms with Crippen molar-refractivity contribution in [3.63, 3.8) is 0 Å². The fraction of sp³-hybridized carbons (Fsp3) is 0.480. The van der Waals surface area contributed by atoms with Crippen LogP contribution in [0.3, 0.4) is 0 Å². The Morgan fingerprint density at radius 2 is 1.55 bits per heavy atom. The first kappa shape index (κ1) is 21.5. The molecular weight excluding hydrogens is 388 g/mol. The second-order valence-corrected chi connectivity index (χ2v) is 8.22. The van der Waals surface area contributed by atoms with Crippen LogP contribution in [-0.2, 0) is 0 Å². The summed E-state index contributed by atoms with van der Waals surface area (Å²) in [4.78, 5) is 21.5. The normalized spacial score (nSPS) is 17.5. The molecule has 2 aliphatic heterocycles. The molecule has 2 saturated heterocycles. The highest BCUT2D eigenvalue weighted by atomic mass is 16.5. The van der Waals surface area contributed by atoms with Crippen molar-refractivity contribution in [2.24, 2.45) is 0 Å². The van der Waals surface area contributed by atoms with Gasteiger partial charge in [0, 0.05) is 63.3 Å². The average Bonchev–Trinajstić information content (AvgIpc) is 3.18. The Bertz CT molecular complexity index is 836. The third kappa shape index (κ3) is 5.50. The van der Waals surface area contributed by atoms with Crippen LogP contribution in [0, 0.1) is 0 Å². The van der Waals surface area contributed by atoms with E-state index in [1.54, 1.807) is 0 Å². The minimum absolute atomic E-state index is 0.147. The van der Waals surface area contributed by atoms with E-state index >= 15 is 0 Å². The van der Waals surface area contributed by atoms with E-state index in [9.17, 15) is 4.79 Å². The number of urea groups is 1. The molecule has 2 aromatic carbocycles. The van der Waals surface area contributed by atoms with Gasteiger partial charge in [-0.2, -0.15) is 0 Å². The van der Waals surface area contributed by atoms with E-state index in [1.165, 1.54) is 5.69 Å². The van der Waals surface area contributed by atoms with E-state index in [4.69, 9.17) is 4.74 Å². The van der Waals surface area contributed by atoms with Gasteiger partial charge in [-0.1, -0.05) is 24.3 Å². The number of hydrogen-bond acceptors (Lipinski definition) is 4. The van der Waals surface area contributed by atoms with Crippen molar-refractivity contribution in [2.45, 2.75) is 19.8 Å². The van der Waals surface area contributed by atoms with E-state index in [2.05, 4.69) is 28.0 Å². The molecule has 31 heavy (non-hydrogen) atoms. The van der Waals surface area contributed by atoms with Gasteiger partial charge in [0.1, 0.15) is 5.75 Å². The van der Waals surface area contributed by atoms with Gasteiger partial charge in [-0.25, -0.2) is 4.79 Å². The minimum Gasteiger partial charge on any atom is -0.494 e. The lowest BCUT2D eigenvalue weighted by Crippen LogP contribution is -2.46. The number of carbonyl (C=O) groups excluding carboxylic acids is 1. The van der Waals surface area contributed by atoms with E-state index in [0.29, 0.717) is 6.61 Å². The van der Waals surface area contributed by atoms with E-state index in [0.717, 1.165) is 76.6 Å². The maximum Gasteiger partial charge on any atom is 0.324 e. The highest BCUT2D eigenvalue weighted by Gasteiger charge is 2.28. The molecule has 4 rings (SSSR count). The molecule has 0 atom stereocenters. The maximum atomic E-state index is 12.7. The summed E-state index contributed by atoms with van der Waals surface area (Å²) in [5.74, 6) is 0.949. The Kier molecular flexibility index (Phi) is 7.30. The number of para-hydroxylation sites is 1. The van der Waals surface area contributed by atoms with Crippen LogP contribution in [0.2, 0.25) is 0 Å². The van der Waals surface area contributed by atoms with Crippen LogP contribution in [0.25, 0.3) is 0 Å². The van der Waals surface area contributed by atoms with Gasteiger partial charge in [0.05, 0.1) is 6.61 Å². The summed E-state index contributed by atoms with van der Waals surface area (Å²) >= 11 is 0. The van der Waals surface area contributed by atoms with Crippen LogP contribution in [0.15, 0.2) is 54.6 Å². The highest BCUT2D eigenvalue weighted by molar-refractivity contribution is 5.94. The summed E-state index contributed by atoms with van der Waals surface area (Å²) in [5, 5.41) is 0. The Morgan fingerprint density at radius 1 is 0.806 bits per heavy atom. The summed E-state index contributed by atoms with van der Waals surface area (Å²) in [6.45, 7) is 10.6. The molecule has 6 nitrogen and oxygen atoms in total. The van der Waals surface area contributed by atoms with Crippen molar-refractivity contribution >= 4 is 17.4 Å². The first-order valence-corrected chi connectivity index (χ1v) is 11.6. The van der Waals surface area contributed by atoms with Crippen molar-refractivity contribution in [3.8, 4) is 5.75 Å². The SMILES string of the molecule is CCOc1cccc(N2CCN(CCCCN3CCN(c4ccccc4)C3=O)CC2)c1. The van der Waals surface area contributed by atoms with Gasteiger partial charge in [0.25, 0.3) is 0 Å². The fourth-order valence-corrected chi connectivity index (χ4v) is 4.44. The van der Waals surface area contributed by atoms with Crippen LogP contribution in [0.4, 0.5) is 16.2 Å². The maximum absolute atomic E-state index is 12.7. The quantitative estimate of drug-likeness (QED) is 0.574. The Labute approximate surface area is 186 Å². The Morgan fingerprint density at radius 3 is 2.32 bits per heavy atom. The van der Waals surface area contributed by atoms with Gasteiger partial charge in [-0.05, 0) is 50.6 Å². The van der Waals surface area contributed by atoms with Crippen molar-refractivity contribution in [2.75, 3.05) is 68.8 Å². The lowest BCUT2D eigenvalue weighted by molar-refractivity contribution is 0.216. The minimum atomic E-state index is 0.147. The summed E-state index contributed by atoms with van der Waals surface area (Å²) in [6, 6.07) is 18.5. The van der Waals surface area contributed by atoms with Crippen molar-refractivity contribution in [1.29, 1.82) is 0 Å². The van der Waals surface area contributed by atoms with Gasteiger partial charge in [-0.3, -0.25) is 9.80 Å². The topological polar surface area (TPSA) is 39.3 Å². The molecule has 2 heterocycles. The molecule has 2 amide bonds. The number of anilines is 2. The van der Waals surface area contributed by atoms with Gasteiger partial charge in [0.15, 0.2) is 0 Å². The summed E-state index contributed by atoms with van der Waals surface area (Å²) < 4.78 is 5.64. The standard InChI is InChI=1S/C25H34N4O2/c1-2-31-24-12-8-11-23(21-24)27-17-15-26(16-18-27)13-6-7-14-28-19-20-29(25(28)30)22-9-4-3-5-10-22/h3-5,8-12,21H,2,6-7,13-20H2,1H3. The Balaban J connectivity index is 1.15. The highest BCUT2D eigenvalue weighted by Crippen LogP contribution is 2.23. The molecule has 0 aliphatic carbocycles. The van der Waals surface area contributed by atoms with Gasteiger partial charge < -0.3 is 14.5 Å². The molecule has 6 heteroatoms. The van der Waals surface area contributed by atoms with Crippen molar-refractivity contribution < 1.29 is 9.53 Å². The third-order valence-electron chi connectivity index (χ3n) is 6.18. The molecular formula is C25H34N4O2. The number of carbonyl (C=O) groups is 1. The monoisotopic (exact) mass is 422 g/mol. The van der Waals surface area contributed by atoms with Crippen LogP contribution in [0.1, 0.15) is 19.8 Å². The number of ether oxygens (including phenoxy) is 1. The second kappa shape index (κ2) is 10.5. The zero-order valence-corrected chi connectivity index (χ0v) is 18.6. The molecule has 2 aromatic rings. The number of benzene rings is 2. The molecule has 0 N–H and O–H groups in total. The molecule has 0 bridgehead atoms. The Hall–Kier alpha value is -2.73. The number of rotatable bonds is 9. The number of hydrogen-bond donors (Lipinski definition) is 0. The van der Waals surface area contributed by atoms with Crippen molar-refractivity contribution in [1.82, 2.24) is 9.80 Å². The van der Waals surface area contributed by atoms with Crippen molar-refractivity contribution in [3.05, 3.63) is 54.6 Å². The smallest absolute Gasteiger partial charge is 0.324 e. The van der Waals surface area contributed by atoms with E-state index in [-0.39, 0.29) is 6.03 Å². The number of amides is 2. The van der Waals surface area contributed by atoms with Crippen LogP contribution < -0.4 is 14.5 Å². The first-order chi connectivity index (χ1) is 15.2. The molecule has 166 valence electrons. The first-order valence-electron chi connectivity index (χ1n) is 11.6. The summed E-state index contributed by atoms with van der Waals surface area (Å²) in [5.41, 5.74) is 2.25. The van der Waals surface area contributed by atoms with Gasteiger partial charge in [0.2, 0.25) is 0 Å². The molecule has 0 saturated carbocycles. The van der Waals surface area contributed by atoms with Crippen LogP contribution >= 0.6 is 0 Å². The molecule has 0 aromatic heterocycles. The number of nitrogens with zero attached hydrogens (tertiary/aromatic N) is 4. The lowest BCUT2D eigenvalue weighted by atomic mass is 10.2. The molecule has 0 unspecified atom stereocenters. The number of piperazine rings is 1. The van der Waals surface area contributed by atoms with Gasteiger partial charge >= 0.3 is 6.03 Å². The summed E-state index contributed by atoms with van der Waals surface area (Å²) in [6.07, 6.45) is 2.19. The van der Waals surface area contributed by atoms with E-state index in [1.807, 2.05) is 53.1 Å². The van der Waals surface area contributed by atoms with Crippen LogP contribution in [0.5, 0.6) is 5.75 Å². The van der Waals surface area contributed by atoms with Gasteiger partial charge in [-0.15, -0.1) is 0 Å². The number of unbranched alkanes of at least 4 members (excludes halogenated alkanes) is 1.